The Hall–Kier alpha value is -2.84. The Balaban J connectivity index is 1.67. The molecular formula is C21H19NO4. The van der Waals surface area contributed by atoms with Gasteiger partial charge in [-0.2, -0.15) is 5.26 Å². The normalized spacial score (nSPS) is 17.4. The van der Waals surface area contributed by atoms with Gasteiger partial charge in [0.15, 0.2) is 0 Å². The number of rotatable bonds is 5. The molecule has 1 atom stereocenters. The summed E-state index contributed by atoms with van der Waals surface area (Å²) in [6.45, 7) is 3.09. The maximum absolute atomic E-state index is 11.7. The molecule has 132 valence electrons. The van der Waals surface area contributed by atoms with Gasteiger partial charge in [0, 0.05) is 11.1 Å². The second-order valence-electron chi connectivity index (χ2n) is 6.60. The van der Waals surface area contributed by atoms with Crippen LogP contribution in [0.3, 0.4) is 0 Å². The number of hydrogen-bond donors (Lipinski definition) is 0. The van der Waals surface area contributed by atoms with Gasteiger partial charge in [-0.05, 0) is 48.6 Å². The van der Waals surface area contributed by atoms with Gasteiger partial charge in [0.25, 0.3) is 0 Å². The molecule has 1 saturated heterocycles. The van der Waals surface area contributed by atoms with E-state index in [1.165, 1.54) is 5.56 Å². The lowest BCUT2D eigenvalue weighted by Gasteiger charge is -2.15. The summed E-state index contributed by atoms with van der Waals surface area (Å²) < 4.78 is 16.1. The maximum Gasteiger partial charge on any atom is 0.338 e. The number of carbonyl (C=O) groups excluding carboxylic acids is 1. The first-order valence-electron chi connectivity index (χ1n) is 8.64. The average molecular weight is 349 g/mol. The van der Waals surface area contributed by atoms with Crippen molar-refractivity contribution >= 4 is 5.97 Å². The third kappa shape index (κ3) is 2.73. The van der Waals surface area contributed by atoms with Crippen LogP contribution in [-0.2, 0) is 28.9 Å². The number of aryl methyl sites for hydroxylation is 1. The zero-order valence-electron chi connectivity index (χ0n) is 14.8. The zero-order valence-corrected chi connectivity index (χ0v) is 14.8. The van der Waals surface area contributed by atoms with Crippen molar-refractivity contribution < 1.29 is 19.0 Å². The van der Waals surface area contributed by atoms with Crippen LogP contribution in [0, 0.1) is 18.3 Å². The molecule has 4 rings (SSSR count). The summed E-state index contributed by atoms with van der Waals surface area (Å²) in [6, 6.07) is 9.81. The molecule has 1 unspecified atom stereocenters. The second-order valence-corrected chi connectivity index (χ2v) is 6.60. The molecule has 0 spiro atoms. The summed E-state index contributed by atoms with van der Waals surface area (Å²) in [6.07, 6.45) is 1.62. The van der Waals surface area contributed by atoms with Gasteiger partial charge in [-0.15, -0.1) is 0 Å². The van der Waals surface area contributed by atoms with Crippen molar-refractivity contribution in [3.8, 4) is 11.8 Å². The Morgan fingerprint density at radius 1 is 1.27 bits per heavy atom. The Morgan fingerprint density at radius 3 is 2.77 bits per heavy atom. The molecule has 0 aliphatic carbocycles. The molecule has 2 aromatic carbocycles. The summed E-state index contributed by atoms with van der Waals surface area (Å²) in [5.41, 5.74) is 6.59. The minimum absolute atomic E-state index is 0.0961. The van der Waals surface area contributed by atoms with Crippen LogP contribution in [0.15, 0.2) is 24.3 Å². The van der Waals surface area contributed by atoms with Crippen LogP contribution in [0.1, 0.15) is 49.8 Å². The van der Waals surface area contributed by atoms with E-state index in [1.54, 1.807) is 13.2 Å². The average Bonchev–Trinajstić information content (AvgIpc) is 3.43. The van der Waals surface area contributed by atoms with Gasteiger partial charge in [-0.1, -0.05) is 12.1 Å². The molecule has 0 radical (unpaired) electrons. The monoisotopic (exact) mass is 349 g/mol. The molecule has 1 fully saturated rings. The van der Waals surface area contributed by atoms with Crippen LogP contribution < -0.4 is 4.74 Å². The molecule has 0 bridgehead atoms. The number of nitrogens with zero attached hydrogens (tertiary/aromatic N) is 1. The van der Waals surface area contributed by atoms with E-state index >= 15 is 0 Å². The predicted octanol–water partition coefficient (Wildman–Crippen LogP) is 3.40. The molecule has 0 N–H and O–H groups in total. The van der Waals surface area contributed by atoms with Crippen molar-refractivity contribution in [3.05, 3.63) is 63.2 Å². The standard InChI is InChI=1S/C21H19NO4/c1-12-13(4-8-17-18(12)10-26-21(17)23)3-7-16-15(19-11-25-19)6-5-14(9-22)20(16)24-2/h4-6,8,19H,3,7,10-11H2,1-2H3. The number of cyclic esters (lactones) is 1. The van der Waals surface area contributed by atoms with E-state index < -0.39 is 0 Å². The van der Waals surface area contributed by atoms with Crippen LogP contribution in [0.2, 0.25) is 0 Å². The third-order valence-electron chi connectivity index (χ3n) is 5.22. The lowest BCUT2D eigenvalue weighted by Crippen LogP contribution is -2.04. The Bertz CT molecular complexity index is 938. The third-order valence-corrected chi connectivity index (χ3v) is 5.22. The number of carbonyl (C=O) groups is 1. The molecule has 0 saturated carbocycles. The van der Waals surface area contributed by atoms with Crippen LogP contribution in [0.5, 0.6) is 5.75 Å². The Morgan fingerprint density at radius 2 is 2.08 bits per heavy atom. The number of ether oxygens (including phenoxy) is 3. The largest absolute Gasteiger partial charge is 0.495 e. The van der Waals surface area contributed by atoms with E-state index in [2.05, 4.69) is 6.07 Å². The summed E-state index contributed by atoms with van der Waals surface area (Å²) in [5.74, 6) is 0.393. The highest BCUT2D eigenvalue weighted by atomic mass is 16.6. The number of esters is 1. The van der Waals surface area contributed by atoms with Crippen molar-refractivity contribution in [1.82, 2.24) is 0 Å². The fourth-order valence-electron chi connectivity index (χ4n) is 3.68. The smallest absolute Gasteiger partial charge is 0.338 e. The van der Waals surface area contributed by atoms with Crippen LogP contribution in [-0.4, -0.2) is 19.7 Å². The van der Waals surface area contributed by atoms with E-state index in [4.69, 9.17) is 14.2 Å². The molecule has 2 aliphatic heterocycles. The SMILES string of the molecule is COc1c(C#N)ccc(C2CO2)c1CCc1ccc2c(c1C)COC2=O. The van der Waals surface area contributed by atoms with Crippen molar-refractivity contribution in [2.45, 2.75) is 32.5 Å². The minimum atomic E-state index is -0.244. The highest BCUT2D eigenvalue weighted by Gasteiger charge is 2.30. The lowest BCUT2D eigenvalue weighted by atomic mass is 9.91. The molecule has 2 aromatic rings. The lowest BCUT2D eigenvalue weighted by molar-refractivity contribution is 0.0535. The Labute approximate surface area is 152 Å². The first kappa shape index (κ1) is 16.6. The fourth-order valence-corrected chi connectivity index (χ4v) is 3.68. The van der Waals surface area contributed by atoms with E-state index in [9.17, 15) is 10.1 Å². The zero-order chi connectivity index (χ0) is 18.3. The summed E-state index contributed by atoms with van der Waals surface area (Å²) in [5, 5.41) is 9.37. The van der Waals surface area contributed by atoms with E-state index in [0.29, 0.717) is 30.1 Å². The summed E-state index contributed by atoms with van der Waals surface area (Å²) in [4.78, 5) is 11.7. The topological polar surface area (TPSA) is 71.8 Å². The molecule has 26 heavy (non-hydrogen) atoms. The Kier molecular flexibility index (Phi) is 4.14. The second kappa shape index (κ2) is 6.47. The summed E-state index contributed by atoms with van der Waals surface area (Å²) in [7, 11) is 1.60. The van der Waals surface area contributed by atoms with Crippen LogP contribution >= 0.6 is 0 Å². The van der Waals surface area contributed by atoms with Gasteiger partial charge >= 0.3 is 5.97 Å². The quantitative estimate of drug-likeness (QED) is 0.611. The highest BCUT2D eigenvalue weighted by Crippen LogP contribution is 2.38. The first-order chi connectivity index (χ1) is 12.6. The predicted molar refractivity (Wildman–Crippen MR) is 94.1 cm³/mol. The van der Waals surface area contributed by atoms with Crippen molar-refractivity contribution in [2.75, 3.05) is 13.7 Å². The maximum atomic E-state index is 11.7. The number of nitriles is 1. The highest BCUT2D eigenvalue weighted by molar-refractivity contribution is 5.93. The van der Waals surface area contributed by atoms with Crippen molar-refractivity contribution in [3.63, 3.8) is 0 Å². The number of epoxide rings is 1. The van der Waals surface area contributed by atoms with E-state index in [0.717, 1.165) is 35.1 Å². The number of hydrogen-bond acceptors (Lipinski definition) is 5. The van der Waals surface area contributed by atoms with E-state index in [1.807, 2.05) is 25.1 Å². The minimum Gasteiger partial charge on any atom is -0.495 e. The first-order valence-corrected chi connectivity index (χ1v) is 8.64. The van der Waals surface area contributed by atoms with Gasteiger partial charge < -0.3 is 14.2 Å². The van der Waals surface area contributed by atoms with Gasteiger partial charge in [0.2, 0.25) is 0 Å². The van der Waals surface area contributed by atoms with Gasteiger partial charge in [0.1, 0.15) is 24.5 Å². The summed E-state index contributed by atoms with van der Waals surface area (Å²) >= 11 is 0. The van der Waals surface area contributed by atoms with Gasteiger partial charge in [0.05, 0.1) is 24.8 Å². The van der Waals surface area contributed by atoms with Gasteiger partial charge in [-0.3, -0.25) is 0 Å². The number of methoxy groups -OCH3 is 1. The molecule has 2 heterocycles. The molecule has 0 amide bonds. The number of benzene rings is 2. The molecular weight excluding hydrogens is 330 g/mol. The van der Waals surface area contributed by atoms with Crippen molar-refractivity contribution in [2.24, 2.45) is 0 Å². The van der Waals surface area contributed by atoms with Crippen molar-refractivity contribution in [1.29, 1.82) is 5.26 Å². The molecule has 5 nitrogen and oxygen atoms in total. The fraction of sp³-hybridized carbons (Fsp3) is 0.333. The van der Waals surface area contributed by atoms with E-state index in [-0.39, 0.29) is 12.1 Å². The molecule has 0 aromatic heterocycles. The molecule has 5 heteroatoms. The van der Waals surface area contributed by atoms with Crippen LogP contribution in [0.4, 0.5) is 0 Å². The van der Waals surface area contributed by atoms with Crippen LogP contribution in [0.25, 0.3) is 0 Å². The van der Waals surface area contributed by atoms with Gasteiger partial charge in [-0.25, -0.2) is 4.79 Å². The number of fused-ring (bicyclic) bond motifs is 1. The molecule has 2 aliphatic rings.